The van der Waals surface area contributed by atoms with E-state index in [2.05, 4.69) is 0 Å². The molecule has 1 heterocycles. The molecule has 0 atom stereocenters. The minimum atomic E-state index is -1.04. The van der Waals surface area contributed by atoms with Crippen molar-refractivity contribution in [3.63, 3.8) is 0 Å². The molecule has 1 aromatic heterocycles. The Morgan fingerprint density at radius 2 is 1.88 bits per heavy atom. The second-order valence-corrected chi connectivity index (χ2v) is 6.30. The molecule has 0 saturated heterocycles. The molecule has 0 fully saturated rings. The predicted octanol–water partition coefficient (Wildman–Crippen LogP) is 4.14. The van der Waals surface area contributed by atoms with Crippen LogP contribution in [0.25, 0.3) is 6.08 Å². The molecule has 2 aromatic rings. The van der Waals surface area contributed by atoms with Gasteiger partial charge in [0.25, 0.3) is 0 Å². The molecule has 0 amide bonds. The Bertz CT molecular complexity index is 773. The van der Waals surface area contributed by atoms with Crippen LogP contribution in [0.2, 0.25) is 0 Å². The van der Waals surface area contributed by atoms with Crippen LogP contribution in [0, 0.1) is 0 Å². The van der Waals surface area contributed by atoms with Crippen molar-refractivity contribution in [3.05, 3.63) is 51.7 Å². The zero-order valence-electron chi connectivity index (χ0n) is 13.6. The Kier molecular flexibility index (Phi) is 5.76. The van der Waals surface area contributed by atoms with Gasteiger partial charge in [0.1, 0.15) is 4.88 Å². The molecule has 0 radical (unpaired) electrons. The van der Waals surface area contributed by atoms with E-state index < -0.39 is 5.97 Å². The molecule has 6 heteroatoms. The Balaban J connectivity index is 2.27. The number of ether oxygens (including phenoxy) is 2. The van der Waals surface area contributed by atoms with E-state index in [-0.39, 0.29) is 16.8 Å². The number of carbonyl (C=O) groups is 2. The number of rotatable bonds is 7. The third kappa shape index (κ3) is 4.23. The van der Waals surface area contributed by atoms with Gasteiger partial charge in [0.15, 0.2) is 17.3 Å². The lowest BCUT2D eigenvalue weighted by Gasteiger charge is -2.15. The lowest BCUT2D eigenvalue weighted by Crippen LogP contribution is -2.08. The summed E-state index contributed by atoms with van der Waals surface area (Å²) in [6.07, 6.45) is 3.00. The first-order chi connectivity index (χ1) is 11.4. The van der Waals surface area contributed by atoms with Gasteiger partial charge in [-0.25, -0.2) is 4.79 Å². The Morgan fingerprint density at radius 1 is 1.17 bits per heavy atom. The highest BCUT2D eigenvalue weighted by atomic mass is 32.1. The third-order valence-corrected chi connectivity index (χ3v) is 4.14. The van der Waals surface area contributed by atoms with Crippen LogP contribution in [0.3, 0.4) is 0 Å². The van der Waals surface area contributed by atoms with Crippen molar-refractivity contribution in [2.45, 2.75) is 20.0 Å². The lowest BCUT2D eigenvalue weighted by molar-refractivity contribution is 0.0702. The SMILES string of the molecule is COc1cccc(/C=C/C(=O)c2ccc(C(=O)O)s2)c1OC(C)C. The summed E-state index contributed by atoms with van der Waals surface area (Å²) in [7, 11) is 1.56. The summed E-state index contributed by atoms with van der Waals surface area (Å²) in [6.45, 7) is 3.81. The summed E-state index contributed by atoms with van der Waals surface area (Å²) in [5, 5.41) is 8.92. The first-order valence-electron chi connectivity index (χ1n) is 7.31. The highest BCUT2D eigenvalue weighted by Gasteiger charge is 2.13. The van der Waals surface area contributed by atoms with Gasteiger partial charge >= 0.3 is 5.97 Å². The van der Waals surface area contributed by atoms with E-state index in [9.17, 15) is 9.59 Å². The minimum Gasteiger partial charge on any atom is -0.493 e. The second-order valence-electron chi connectivity index (χ2n) is 5.21. The summed E-state index contributed by atoms with van der Waals surface area (Å²) in [5.74, 6) is -0.145. The number of thiophene rings is 1. The highest BCUT2D eigenvalue weighted by Crippen LogP contribution is 2.33. The van der Waals surface area contributed by atoms with Crippen molar-refractivity contribution in [1.82, 2.24) is 0 Å². The van der Waals surface area contributed by atoms with Crippen molar-refractivity contribution in [2.75, 3.05) is 7.11 Å². The number of benzene rings is 1. The summed E-state index contributed by atoms with van der Waals surface area (Å²) in [6, 6.07) is 8.35. The van der Waals surface area contributed by atoms with E-state index in [0.717, 1.165) is 11.3 Å². The molecular weight excluding hydrogens is 328 g/mol. The first-order valence-corrected chi connectivity index (χ1v) is 8.13. The maximum atomic E-state index is 12.2. The van der Waals surface area contributed by atoms with Crippen LogP contribution < -0.4 is 9.47 Å². The molecule has 1 N–H and O–H groups in total. The molecule has 5 nitrogen and oxygen atoms in total. The lowest BCUT2D eigenvalue weighted by atomic mass is 10.1. The van der Waals surface area contributed by atoms with E-state index >= 15 is 0 Å². The quantitative estimate of drug-likeness (QED) is 0.602. The van der Waals surface area contributed by atoms with Crippen molar-refractivity contribution >= 4 is 29.2 Å². The van der Waals surface area contributed by atoms with Crippen molar-refractivity contribution < 1.29 is 24.2 Å². The monoisotopic (exact) mass is 346 g/mol. The molecule has 0 saturated carbocycles. The molecule has 0 aliphatic rings. The number of carbonyl (C=O) groups excluding carboxylic acids is 1. The van der Waals surface area contributed by atoms with Gasteiger partial charge in [-0.2, -0.15) is 0 Å². The van der Waals surface area contributed by atoms with Gasteiger partial charge in [-0.1, -0.05) is 12.1 Å². The summed E-state index contributed by atoms with van der Waals surface area (Å²) in [5.41, 5.74) is 0.714. The van der Waals surface area contributed by atoms with Crippen molar-refractivity contribution in [2.24, 2.45) is 0 Å². The average Bonchev–Trinajstić information content (AvgIpc) is 3.03. The van der Waals surface area contributed by atoms with Crippen LogP contribution in [0.4, 0.5) is 0 Å². The number of aromatic carboxylic acids is 1. The molecular formula is C18H18O5S. The van der Waals surface area contributed by atoms with Gasteiger partial charge in [0, 0.05) is 5.56 Å². The number of hydrogen-bond acceptors (Lipinski definition) is 5. The fourth-order valence-electron chi connectivity index (χ4n) is 2.02. The van der Waals surface area contributed by atoms with Crippen LogP contribution >= 0.6 is 11.3 Å². The molecule has 0 bridgehead atoms. The maximum Gasteiger partial charge on any atom is 0.345 e. The zero-order valence-corrected chi connectivity index (χ0v) is 14.4. The van der Waals surface area contributed by atoms with E-state index in [0.29, 0.717) is 21.9 Å². The van der Waals surface area contributed by atoms with E-state index in [1.807, 2.05) is 26.0 Å². The predicted molar refractivity (Wildman–Crippen MR) is 93.4 cm³/mol. The molecule has 0 aliphatic carbocycles. The van der Waals surface area contributed by atoms with Crippen LogP contribution in [0.15, 0.2) is 36.4 Å². The van der Waals surface area contributed by atoms with Gasteiger partial charge in [0.2, 0.25) is 0 Å². The molecule has 1 aromatic carbocycles. The van der Waals surface area contributed by atoms with Gasteiger partial charge in [-0.3, -0.25) is 4.79 Å². The Labute approximate surface area is 144 Å². The molecule has 2 rings (SSSR count). The standard InChI is InChI=1S/C18H18O5S/c1-11(2)23-17-12(5-4-6-14(17)22-3)7-8-13(19)15-9-10-16(24-15)18(20)21/h4-11H,1-3H3,(H,20,21)/b8-7+. The fraction of sp³-hybridized carbons (Fsp3) is 0.222. The topological polar surface area (TPSA) is 72.8 Å². The van der Waals surface area contributed by atoms with Gasteiger partial charge in [-0.15, -0.1) is 11.3 Å². The van der Waals surface area contributed by atoms with Gasteiger partial charge < -0.3 is 14.6 Å². The van der Waals surface area contributed by atoms with Crippen LogP contribution in [0.1, 0.15) is 38.8 Å². The van der Waals surface area contributed by atoms with E-state index in [4.69, 9.17) is 14.6 Å². The maximum absolute atomic E-state index is 12.2. The number of para-hydroxylation sites is 1. The van der Waals surface area contributed by atoms with E-state index in [1.165, 1.54) is 18.2 Å². The summed E-state index contributed by atoms with van der Waals surface area (Å²) in [4.78, 5) is 23.6. The molecule has 126 valence electrons. The molecule has 0 aliphatic heterocycles. The number of allylic oxidation sites excluding steroid dienone is 1. The number of carboxylic acid groups (broad SMARTS) is 1. The molecule has 24 heavy (non-hydrogen) atoms. The normalized spacial score (nSPS) is 11.0. The van der Waals surface area contributed by atoms with Gasteiger partial charge in [-0.05, 0) is 44.2 Å². The number of hydrogen-bond donors (Lipinski definition) is 1. The first kappa shape index (κ1) is 17.7. The molecule has 0 spiro atoms. The zero-order chi connectivity index (χ0) is 17.7. The number of carboxylic acids is 1. The fourth-order valence-corrected chi connectivity index (χ4v) is 2.78. The minimum absolute atomic E-state index is 0.0421. The van der Waals surface area contributed by atoms with Crippen molar-refractivity contribution in [1.29, 1.82) is 0 Å². The van der Waals surface area contributed by atoms with Crippen molar-refractivity contribution in [3.8, 4) is 11.5 Å². The number of ketones is 1. The van der Waals surface area contributed by atoms with Gasteiger partial charge in [0.05, 0.1) is 18.1 Å². The summed E-state index contributed by atoms with van der Waals surface area (Å²) >= 11 is 0.950. The molecule has 0 unspecified atom stereocenters. The third-order valence-electron chi connectivity index (χ3n) is 3.06. The Hall–Kier alpha value is -2.60. The highest BCUT2D eigenvalue weighted by molar-refractivity contribution is 7.16. The van der Waals surface area contributed by atoms with Crippen LogP contribution in [-0.2, 0) is 0 Å². The van der Waals surface area contributed by atoms with Crippen LogP contribution in [0.5, 0.6) is 11.5 Å². The number of methoxy groups -OCH3 is 1. The van der Waals surface area contributed by atoms with E-state index in [1.54, 1.807) is 19.3 Å². The van der Waals surface area contributed by atoms with Crippen LogP contribution in [-0.4, -0.2) is 30.1 Å². The smallest absolute Gasteiger partial charge is 0.345 e. The second kappa shape index (κ2) is 7.79. The Morgan fingerprint density at radius 3 is 2.46 bits per heavy atom. The average molecular weight is 346 g/mol. The largest absolute Gasteiger partial charge is 0.493 e. The summed E-state index contributed by atoms with van der Waals surface area (Å²) < 4.78 is 11.1.